The van der Waals surface area contributed by atoms with Crippen molar-refractivity contribution in [2.24, 2.45) is 0 Å². The fraction of sp³-hybridized carbons (Fsp3) is 0.0870. The van der Waals surface area contributed by atoms with Crippen molar-refractivity contribution in [2.45, 2.75) is 13.8 Å². The first-order chi connectivity index (χ1) is 14.0. The Balaban J connectivity index is 1.73. The molecule has 0 spiro atoms. The molecular weight excluding hydrogens is 430 g/mol. The van der Waals surface area contributed by atoms with Gasteiger partial charge in [0.1, 0.15) is 0 Å². The molecule has 142 valence electrons. The van der Waals surface area contributed by atoms with Crippen LogP contribution >= 0.6 is 15.9 Å². The van der Waals surface area contributed by atoms with Crippen molar-refractivity contribution in [3.8, 4) is 5.69 Å². The van der Waals surface area contributed by atoms with Crippen molar-refractivity contribution >= 4 is 44.2 Å². The van der Waals surface area contributed by atoms with Crippen LogP contribution in [0.5, 0.6) is 0 Å². The predicted octanol–water partition coefficient (Wildman–Crippen LogP) is 5.21. The van der Waals surface area contributed by atoms with Crippen molar-refractivity contribution in [3.05, 3.63) is 87.7 Å². The summed E-state index contributed by atoms with van der Waals surface area (Å²) in [6, 6.07) is 18.8. The third-order valence-corrected chi connectivity index (χ3v) is 6.02. The molecule has 0 saturated heterocycles. The van der Waals surface area contributed by atoms with Crippen LogP contribution in [0.1, 0.15) is 32.1 Å². The number of aromatic nitrogens is 2. The summed E-state index contributed by atoms with van der Waals surface area (Å²) >= 11 is 3.52. The fourth-order valence-corrected chi connectivity index (χ4v) is 4.51. The molecule has 5 rings (SSSR count). The van der Waals surface area contributed by atoms with Crippen molar-refractivity contribution in [3.63, 3.8) is 0 Å². The Morgan fingerprint density at radius 2 is 1.52 bits per heavy atom. The van der Waals surface area contributed by atoms with Gasteiger partial charge in [-0.25, -0.2) is 9.58 Å². The van der Waals surface area contributed by atoms with Crippen LogP contribution < -0.4 is 4.90 Å². The van der Waals surface area contributed by atoms with Gasteiger partial charge in [0.05, 0.1) is 22.8 Å². The first-order valence-corrected chi connectivity index (χ1v) is 10.00. The van der Waals surface area contributed by atoms with Crippen molar-refractivity contribution < 1.29 is 9.59 Å². The van der Waals surface area contributed by atoms with Gasteiger partial charge in [0.15, 0.2) is 0 Å². The molecular formula is C23H16BrN3O2. The van der Waals surface area contributed by atoms with Gasteiger partial charge >= 0.3 is 0 Å². The van der Waals surface area contributed by atoms with E-state index in [1.165, 1.54) is 4.90 Å². The number of aryl methyl sites for hydroxylation is 1. The highest BCUT2D eigenvalue weighted by Gasteiger charge is 2.37. The van der Waals surface area contributed by atoms with Crippen LogP contribution in [-0.4, -0.2) is 21.6 Å². The maximum Gasteiger partial charge on any atom is 0.266 e. The normalized spacial score (nSPS) is 13.4. The number of para-hydroxylation sites is 1. The summed E-state index contributed by atoms with van der Waals surface area (Å²) in [7, 11) is 0. The van der Waals surface area contributed by atoms with Crippen LogP contribution in [0, 0.1) is 13.8 Å². The van der Waals surface area contributed by atoms with E-state index in [-0.39, 0.29) is 11.8 Å². The number of benzene rings is 3. The maximum atomic E-state index is 13.4. The maximum absolute atomic E-state index is 13.4. The summed E-state index contributed by atoms with van der Waals surface area (Å²) in [6.45, 7) is 3.70. The van der Waals surface area contributed by atoms with Gasteiger partial charge in [0, 0.05) is 21.0 Å². The SMILES string of the molecule is Cc1nn(-c2ccccc2)c(C)c1N1C(=O)c2cccc3c(Br)ccc(c23)C1=O. The van der Waals surface area contributed by atoms with Gasteiger partial charge in [-0.3, -0.25) is 9.59 Å². The van der Waals surface area contributed by atoms with Crippen LogP contribution in [0.25, 0.3) is 16.5 Å². The van der Waals surface area contributed by atoms with Gasteiger partial charge in [0.25, 0.3) is 11.8 Å². The molecule has 0 N–H and O–H groups in total. The van der Waals surface area contributed by atoms with Crippen LogP contribution in [0.2, 0.25) is 0 Å². The molecule has 0 aliphatic carbocycles. The third kappa shape index (κ3) is 2.49. The zero-order valence-electron chi connectivity index (χ0n) is 15.8. The van der Waals surface area contributed by atoms with E-state index in [4.69, 9.17) is 0 Å². The van der Waals surface area contributed by atoms with Gasteiger partial charge in [-0.2, -0.15) is 5.10 Å². The Morgan fingerprint density at radius 1 is 0.828 bits per heavy atom. The quantitative estimate of drug-likeness (QED) is 0.398. The minimum absolute atomic E-state index is 0.329. The van der Waals surface area contributed by atoms with Gasteiger partial charge in [-0.15, -0.1) is 0 Å². The van der Waals surface area contributed by atoms with Crippen molar-refractivity contribution in [2.75, 3.05) is 4.90 Å². The fourth-order valence-electron chi connectivity index (χ4n) is 4.04. The molecule has 1 aliphatic rings. The number of halogens is 1. The number of anilines is 1. The Morgan fingerprint density at radius 3 is 2.24 bits per heavy atom. The first kappa shape index (κ1) is 17.8. The standard InChI is InChI=1S/C23H16BrN3O2/c1-13-21(14(2)27(25-13)15-7-4-3-5-8-15)26-22(28)17-10-6-9-16-19(24)12-11-18(20(16)17)23(26)29/h3-12H,1-2H3. The number of hydrogen-bond acceptors (Lipinski definition) is 3. The van der Waals surface area contributed by atoms with E-state index in [1.807, 2.05) is 62.4 Å². The van der Waals surface area contributed by atoms with Gasteiger partial charge in [-0.1, -0.05) is 46.3 Å². The van der Waals surface area contributed by atoms with E-state index in [9.17, 15) is 9.59 Å². The zero-order valence-corrected chi connectivity index (χ0v) is 17.4. The summed E-state index contributed by atoms with van der Waals surface area (Å²) in [5, 5.41) is 6.16. The second-order valence-corrected chi connectivity index (χ2v) is 7.89. The van der Waals surface area contributed by atoms with Gasteiger partial charge < -0.3 is 0 Å². The Labute approximate surface area is 175 Å². The van der Waals surface area contributed by atoms with Crippen molar-refractivity contribution in [1.82, 2.24) is 9.78 Å². The van der Waals surface area contributed by atoms with E-state index >= 15 is 0 Å². The molecule has 4 aromatic rings. The average Bonchev–Trinajstić information content (AvgIpc) is 3.02. The molecule has 0 unspecified atom stereocenters. The zero-order chi connectivity index (χ0) is 20.3. The molecule has 0 radical (unpaired) electrons. The number of carbonyl (C=O) groups excluding carboxylic acids is 2. The second-order valence-electron chi connectivity index (χ2n) is 7.04. The van der Waals surface area contributed by atoms with Crippen molar-refractivity contribution in [1.29, 1.82) is 0 Å². The molecule has 2 heterocycles. The number of rotatable bonds is 2. The number of imide groups is 1. The molecule has 0 fully saturated rings. The summed E-state index contributed by atoms with van der Waals surface area (Å²) in [5.74, 6) is -0.657. The van der Waals surface area contributed by atoms with E-state index in [0.717, 1.165) is 21.2 Å². The van der Waals surface area contributed by atoms with E-state index in [1.54, 1.807) is 16.8 Å². The Bertz CT molecular complexity index is 1300. The molecule has 0 atom stereocenters. The molecule has 5 nitrogen and oxygen atoms in total. The third-order valence-electron chi connectivity index (χ3n) is 5.33. The highest BCUT2D eigenvalue weighted by Crippen LogP contribution is 2.38. The lowest BCUT2D eigenvalue weighted by molar-refractivity contribution is 0.0893. The minimum atomic E-state index is -0.329. The predicted molar refractivity (Wildman–Crippen MR) is 116 cm³/mol. The largest absolute Gasteiger partial charge is 0.268 e. The Hall–Kier alpha value is -3.25. The summed E-state index contributed by atoms with van der Waals surface area (Å²) in [5.41, 5.74) is 3.82. The van der Waals surface area contributed by atoms with E-state index < -0.39 is 0 Å². The molecule has 0 saturated carbocycles. The van der Waals surface area contributed by atoms with E-state index in [2.05, 4.69) is 21.0 Å². The van der Waals surface area contributed by atoms with Crippen LogP contribution in [-0.2, 0) is 0 Å². The lowest BCUT2D eigenvalue weighted by Crippen LogP contribution is -2.41. The number of carbonyl (C=O) groups is 2. The Kier molecular flexibility index (Phi) is 3.93. The summed E-state index contributed by atoms with van der Waals surface area (Å²) in [6.07, 6.45) is 0. The molecule has 2 amide bonds. The van der Waals surface area contributed by atoms with Crippen LogP contribution in [0.3, 0.4) is 0 Å². The second kappa shape index (κ2) is 6.39. The highest BCUT2D eigenvalue weighted by molar-refractivity contribution is 9.10. The monoisotopic (exact) mass is 445 g/mol. The number of nitrogens with zero attached hydrogens (tertiary/aromatic N) is 3. The molecule has 0 bridgehead atoms. The van der Waals surface area contributed by atoms with E-state index in [0.29, 0.717) is 27.9 Å². The summed E-state index contributed by atoms with van der Waals surface area (Å²) < 4.78 is 2.62. The summed E-state index contributed by atoms with van der Waals surface area (Å²) in [4.78, 5) is 28.1. The molecule has 29 heavy (non-hydrogen) atoms. The minimum Gasteiger partial charge on any atom is -0.268 e. The molecule has 1 aliphatic heterocycles. The topological polar surface area (TPSA) is 55.2 Å². The first-order valence-electron chi connectivity index (χ1n) is 9.20. The van der Waals surface area contributed by atoms with Crippen LogP contribution in [0.4, 0.5) is 5.69 Å². The molecule has 3 aromatic carbocycles. The molecule has 1 aromatic heterocycles. The smallest absolute Gasteiger partial charge is 0.266 e. The van der Waals surface area contributed by atoms with Gasteiger partial charge in [-0.05, 0) is 49.6 Å². The number of hydrogen-bond donors (Lipinski definition) is 0. The number of amides is 2. The lowest BCUT2D eigenvalue weighted by Gasteiger charge is -2.27. The van der Waals surface area contributed by atoms with Crippen LogP contribution in [0.15, 0.2) is 65.1 Å². The molecule has 6 heteroatoms. The highest BCUT2D eigenvalue weighted by atomic mass is 79.9. The average molecular weight is 446 g/mol. The lowest BCUT2D eigenvalue weighted by atomic mass is 9.93. The van der Waals surface area contributed by atoms with Gasteiger partial charge in [0.2, 0.25) is 0 Å².